The lowest BCUT2D eigenvalue weighted by molar-refractivity contribution is -0.109. The minimum absolute atomic E-state index is 0.352. The number of carbonyl (C=O) groups is 1. The molecule has 0 fully saturated rings. The van der Waals surface area contributed by atoms with E-state index in [9.17, 15) is 9.90 Å². The number of aryl methyl sites for hydroxylation is 4. The average molecular weight is 519 g/mol. The Morgan fingerprint density at radius 2 is 1.92 bits per heavy atom. The standard InChI is InChI=1S/C30H38N4O4/c1-17(2)9-10-30(31,29-19(4)11-18(3)14-32-29)33-15-24(16-35)22-7-8-25-23(12-22)13-26(37-25)28(36)27-20(5)34-38-21(27)6/h7-8,11-14,16-17,24,28,33,36H,9-10,15,31H2,1-6H3. The zero-order valence-corrected chi connectivity index (χ0v) is 23.0. The molecule has 0 saturated heterocycles. The summed E-state index contributed by atoms with van der Waals surface area (Å²) in [6.07, 6.45) is 3.38. The summed E-state index contributed by atoms with van der Waals surface area (Å²) in [6, 6.07) is 9.50. The third kappa shape index (κ3) is 5.72. The SMILES string of the molecule is Cc1cnc(C(N)(CCC(C)C)NCC(C=O)c2ccc3oc(C(O)c4c(C)noc4C)cc3c2)c(C)c1. The first-order chi connectivity index (χ1) is 18.0. The summed E-state index contributed by atoms with van der Waals surface area (Å²) in [5, 5.41) is 19.1. The van der Waals surface area contributed by atoms with Gasteiger partial charge in [-0.3, -0.25) is 10.3 Å². The Kier molecular flexibility index (Phi) is 8.16. The number of hydrogen-bond donors (Lipinski definition) is 3. The van der Waals surface area contributed by atoms with E-state index in [-0.39, 0.29) is 0 Å². The third-order valence-corrected chi connectivity index (χ3v) is 7.17. The van der Waals surface area contributed by atoms with Crippen LogP contribution >= 0.6 is 0 Å². The minimum atomic E-state index is -0.996. The Morgan fingerprint density at radius 1 is 1.16 bits per heavy atom. The van der Waals surface area contributed by atoms with Gasteiger partial charge in [0.05, 0.1) is 22.9 Å². The molecule has 0 amide bonds. The van der Waals surface area contributed by atoms with Crippen molar-refractivity contribution in [2.75, 3.05) is 6.54 Å². The molecular weight excluding hydrogens is 480 g/mol. The Balaban J connectivity index is 1.58. The predicted molar refractivity (Wildman–Crippen MR) is 147 cm³/mol. The molecule has 8 nitrogen and oxygen atoms in total. The summed E-state index contributed by atoms with van der Waals surface area (Å²) in [6.45, 7) is 12.3. The van der Waals surface area contributed by atoms with E-state index in [1.165, 1.54) is 0 Å². The Labute approximate surface area is 223 Å². The fourth-order valence-corrected chi connectivity index (χ4v) is 5.00. The molecule has 0 saturated carbocycles. The van der Waals surface area contributed by atoms with E-state index in [2.05, 4.69) is 35.4 Å². The van der Waals surface area contributed by atoms with Crippen molar-refractivity contribution in [3.05, 3.63) is 81.7 Å². The number of rotatable bonds is 11. The second-order valence-corrected chi connectivity index (χ2v) is 10.8. The number of nitrogens with one attached hydrogen (secondary N) is 1. The number of aldehydes is 1. The van der Waals surface area contributed by atoms with Crippen LogP contribution in [-0.2, 0) is 10.5 Å². The van der Waals surface area contributed by atoms with Gasteiger partial charge in [0.1, 0.15) is 35.2 Å². The molecule has 8 heteroatoms. The highest BCUT2D eigenvalue weighted by Crippen LogP contribution is 2.33. The van der Waals surface area contributed by atoms with E-state index < -0.39 is 17.7 Å². The first-order valence-corrected chi connectivity index (χ1v) is 13.1. The van der Waals surface area contributed by atoms with Gasteiger partial charge in [0.15, 0.2) is 0 Å². The molecule has 3 aromatic heterocycles. The van der Waals surface area contributed by atoms with E-state index in [1.807, 2.05) is 38.2 Å². The van der Waals surface area contributed by atoms with Gasteiger partial charge in [-0.15, -0.1) is 0 Å². The van der Waals surface area contributed by atoms with Crippen LogP contribution in [0.5, 0.6) is 0 Å². The van der Waals surface area contributed by atoms with Crippen molar-refractivity contribution >= 4 is 17.3 Å². The van der Waals surface area contributed by atoms with Crippen molar-refractivity contribution in [3.63, 3.8) is 0 Å². The number of hydrogen-bond acceptors (Lipinski definition) is 8. The Morgan fingerprint density at radius 3 is 2.55 bits per heavy atom. The summed E-state index contributed by atoms with van der Waals surface area (Å²) < 4.78 is 11.1. The summed E-state index contributed by atoms with van der Waals surface area (Å²) in [7, 11) is 0. The van der Waals surface area contributed by atoms with Crippen LogP contribution < -0.4 is 11.1 Å². The van der Waals surface area contributed by atoms with Gasteiger partial charge in [0.25, 0.3) is 0 Å². The van der Waals surface area contributed by atoms with Crippen LogP contribution in [0.15, 0.2) is 45.5 Å². The second kappa shape index (κ2) is 11.2. The van der Waals surface area contributed by atoms with Crippen molar-refractivity contribution in [2.24, 2.45) is 11.7 Å². The summed E-state index contributed by atoms with van der Waals surface area (Å²) in [5.74, 6) is 0.982. The van der Waals surface area contributed by atoms with E-state index in [0.29, 0.717) is 47.2 Å². The zero-order valence-electron chi connectivity index (χ0n) is 23.0. The van der Waals surface area contributed by atoms with Gasteiger partial charge >= 0.3 is 0 Å². The van der Waals surface area contributed by atoms with Crippen molar-refractivity contribution in [1.29, 1.82) is 0 Å². The van der Waals surface area contributed by atoms with Crippen molar-refractivity contribution in [2.45, 2.75) is 72.1 Å². The summed E-state index contributed by atoms with van der Waals surface area (Å²) in [5.41, 5.74) is 11.7. The van der Waals surface area contributed by atoms with Gasteiger partial charge in [-0.1, -0.05) is 31.1 Å². The smallest absolute Gasteiger partial charge is 0.142 e. The molecule has 202 valence electrons. The lowest BCUT2D eigenvalue weighted by Gasteiger charge is -2.33. The summed E-state index contributed by atoms with van der Waals surface area (Å²) >= 11 is 0. The van der Waals surface area contributed by atoms with Gasteiger partial charge in [-0.05, 0) is 81.3 Å². The molecule has 0 spiro atoms. The van der Waals surface area contributed by atoms with Crippen LogP contribution in [0.3, 0.4) is 0 Å². The normalized spacial score (nSPS) is 15.1. The highest BCUT2D eigenvalue weighted by atomic mass is 16.5. The van der Waals surface area contributed by atoms with E-state index in [1.54, 1.807) is 19.9 Å². The second-order valence-electron chi connectivity index (χ2n) is 10.8. The molecule has 3 unspecified atom stereocenters. The maximum absolute atomic E-state index is 12.2. The number of pyridine rings is 1. The first-order valence-electron chi connectivity index (χ1n) is 13.1. The number of benzene rings is 1. The van der Waals surface area contributed by atoms with Crippen LogP contribution in [0.25, 0.3) is 11.0 Å². The maximum atomic E-state index is 12.2. The minimum Gasteiger partial charge on any atom is -0.458 e. The van der Waals surface area contributed by atoms with E-state index in [4.69, 9.17) is 14.7 Å². The van der Waals surface area contributed by atoms with Gasteiger partial charge in [0, 0.05) is 18.1 Å². The fourth-order valence-electron chi connectivity index (χ4n) is 5.00. The lowest BCUT2D eigenvalue weighted by atomic mass is 9.91. The fraction of sp³-hybridized carbons (Fsp3) is 0.433. The molecule has 38 heavy (non-hydrogen) atoms. The summed E-state index contributed by atoms with van der Waals surface area (Å²) in [4.78, 5) is 16.9. The van der Waals surface area contributed by atoms with Crippen molar-refractivity contribution in [1.82, 2.24) is 15.5 Å². The molecule has 4 rings (SSSR count). The molecule has 3 atom stereocenters. The predicted octanol–water partition coefficient (Wildman–Crippen LogP) is 5.25. The third-order valence-electron chi connectivity index (χ3n) is 7.17. The van der Waals surface area contributed by atoms with Gasteiger partial charge in [0.2, 0.25) is 0 Å². The van der Waals surface area contributed by atoms with Crippen LogP contribution in [0.1, 0.15) is 83.9 Å². The molecule has 0 bridgehead atoms. The molecule has 4 N–H and O–H groups in total. The quantitative estimate of drug-likeness (QED) is 0.181. The van der Waals surface area contributed by atoms with E-state index >= 15 is 0 Å². The lowest BCUT2D eigenvalue weighted by Crippen LogP contribution is -2.53. The topological polar surface area (TPSA) is 127 Å². The molecule has 0 radical (unpaired) electrons. The highest BCUT2D eigenvalue weighted by molar-refractivity contribution is 5.80. The van der Waals surface area contributed by atoms with Crippen molar-refractivity contribution < 1.29 is 18.8 Å². The molecule has 4 aromatic rings. The number of carbonyl (C=O) groups excluding carboxylic acids is 1. The number of fused-ring (bicyclic) bond motifs is 1. The number of aromatic nitrogens is 2. The molecule has 0 aliphatic rings. The highest BCUT2D eigenvalue weighted by Gasteiger charge is 2.31. The molecular formula is C30H38N4O4. The van der Waals surface area contributed by atoms with Crippen LogP contribution in [0.4, 0.5) is 0 Å². The number of aliphatic hydroxyl groups excluding tert-OH is 1. The number of aliphatic hydroxyl groups is 1. The Bertz CT molecular complexity index is 1400. The number of nitrogens with two attached hydrogens (primary N) is 1. The number of furan rings is 1. The van der Waals surface area contributed by atoms with Crippen LogP contribution in [0, 0.1) is 33.6 Å². The molecule has 0 aliphatic carbocycles. The van der Waals surface area contributed by atoms with Gasteiger partial charge < -0.3 is 24.6 Å². The molecule has 3 heterocycles. The van der Waals surface area contributed by atoms with E-state index in [0.717, 1.165) is 40.5 Å². The Hall–Kier alpha value is -3.33. The van der Waals surface area contributed by atoms with Gasteiger partial charge in [-0.25, -0.2) is 0 Å². The maximum Gasteiger partial charge on any atom is 0.142 e. The zero-order chi connectivity index (χ0) is 27.6. The first kappa shape index (κ1) is 27.7. The largest absolute Gasteiger partial charge is 0.458 e. The molecule has 0 aliphatic heterocycles. The van der Waals surface area contributed by atoms with Crippen molar-refractivity contribution in [3.8, 4) is 0 Å². The molecule has 1 aromatic carbocycles. The average Bonchev–Trinajstić information content (AvgIpc) is 3.45. The van der Waals surface area contributed by atoms with Crippen LogP contribution in [0.2, 0.25) is 0 Å². The van der Waals surface area contributed by atoms with Gasteiger partial charge in [-0.2, -0.15) is 0 Å². The van der Waals surface area contributed by atoms with Crippen LogP contribution in [-0.4, -0.2) is 28.1 Å². The monoisotopic (exact) mass is 518 g/mol. The number of nitrogens with zero attached hydrogens (tertiary/aromatic N) is 2.